The number of terminal acetylenes is 1. The molecule has 0 amide bonds. The zero-order valence-corrected chi connectivity index (χ0v) is 16.4. The molecule has 2 saturated carbocycles. The van der Waals surface area contributed by atoms with E-state index in [0.29, 0.717) is 12.7 Å². The summed E-state index contributed by atoms with van der Waals surface area (Å²) < 4.78 is 5.75. The molecule has 2 aliphatic carbocycles. The first-order chi connectivity index (χ1) is 12.8. The SMILES string of the molecule is C#CCOC1CCC(N2CCC(N3CNC[C@H]4CCCC[C@@H]43)CC2)CC1. The number of nitrogens with one attached hydrogen (secondary N) is 1. The van der Waals surface area contributed by atoms with E-state index in [0.717, 1.165) is 30.7 Å². The van der Waals surface area contributed by atoms with Gasteiger partial charge in [-0.1, -0.05) is 18.8 Å². The lowest BCUT2D eigenvalue weighted by molar-refractivity contribution is -0.0182. The molecular formula is C22H37N3O. The highest BCUT2D eigenvalue weighted by Crippen LogP contribution is 2.34. The van der Waals surface area contributed by atoms with Gasteiger partial charge in [0.1, 0.15) is 6.61 Å². The van der Waals surface area contributed by atoms with Gasteiger partial charge in [0, 0.05) is 31.3 Å². The van der Waals surface area contributed by atoms with Gasteiger partial charge in [-0.25, -0.2) is 0 Å². The average Bonchev–Trinajstić information content (AvgIpc) is 2.72. The highest BCUT2D eigenvalue weighted by atomic mass is 16.5. The highest BCUT2D eigenvalue weighted by Gasteiger charge is 2.38. The first-order valence-electron chi connectivity index (χ1n) is 11.1. The van der Waals surface area contributed by atoms with Crippen LogP contribution in [0, 0.1) is 18.3 Å². The van der Waals surface area contributed by atoms with Gasteiger partial charge in [0.25, 0.3) is 0 Å². The minimum absolute atomic E-state index is 0.405. The molecule has 146 valence electrons. The van der Waals surface area contributed by atoms with Crippen molar-refractivity contribution in [1.82, 2.24) is 15.1 Å². The van der Waals surface area contributed by atoms with E-state index in [9.17, 15) is 0 Å². The number of ether oxygens (including phenoxy) is 1. The first-order valence-corrected chi connectivity index (χ1v) is 11.1. The minimum atomic E-state index is 0.405. The topological polar surface area (TPSA) is 27.7 Å². The van der Waals surface area contributed by atoms with Gasteiger partial charge in [-0.15, -0.1) is 6.42 Å². The van der Waals surface area contributed by atoms with Gasteiger partial charge in [0.05, 0.1) is 6.10 Å². The Kier molecular flexibility index (Phi) is 6.53. The number of fused-ring (bicyclic) bond motifs is 1. The molecule has 4 aliphatic rings. The zero-order valence-electron chi connectivity index (χ0n) is 16.4. The Morgan fingerprint density at radius 3 is 2.46 bits per heavy atom. The standard InChI is InChI=1S/C22H37N3O/c1-2-15-26-21-9-7-19(8-10-21)24-13-11-20(12-14-24)25-17-23-16-18-5-3-4-6-22(18)25/h1,18-23H,3-17H2/t18-,19?,21?,22+/m1/s1. The molecule has 2 atom stereocenters. The molecule has 4 heteroatoms. The normalized spacial score (nSPS) is 37.8. The van der Waals surface area contributed by atoms with Crippen molar-refractivity contribution >= 4 is 0 Å². The molecular weight excluding hydrogens is 322 g/mol. The van der Waals surface area contributed by atoms with E-state index >= 15 is 0 Å². The third-order valence-electron chi connectivity index (χ3n) is 7.53. The molecule has 0 unspecified atom stereocenters. The van der Waals surface area contributed by atoms with Crippen LogP contribution in [0.2, 0.25) is 0 Å². The van der Waals surface area contributed by atoms with E-state index in [1.165, 1.54) is 83.8 Å². The van der Waals surface area contributed by atoms with Crippen LogP contribution in [0.15, 0.2) is 0 Å². The lowest BCUT2D eigenvalue weighted by atomic mass is 9.81. The summed E-state index contributed by atoms with van der Waals surface area (Å²) in [6.07, 6.45) is 19.2. The fourth-order valence-electron chi connectivity index (χ4n) is 6.08. The Balaban J connectivity index is 1.24. The van der Waals surface area contributed by atoms with Crippen LogP contribution >= 0.6 is 0 Å². The number of piperidine rings is 1. The summed E-state index contributed by atoms with van der Waals surface area (Å²) >= 11 is 0. The summed E-state index contributed by atoms with van der Waals surface area (Å²) in [6.45, 7) is 5.44. The van der Waals surface area contributed by atoms with E-state index in [1.807, 2.05) is 0 Å². The van der Waals surface area contributed by atoms with Gasteiger partial charge in [-0.2, -0.15) is 0 Å². The second kappa shape index (κ2) is 9.06. The third-order valence-corrected chi connectivity index (χ3v) is 7.53. The average molecular weight is 360 g/mol. The Morgan fingerprint density at radius 2 is 1.69 bits per heavy atom. The number of likely N-dealkylation sites (tertiary alicyclic amines) is 1. The maximum atomic E-state index is 5.75. The van der Waals surface area contributed by atoms with Gasteiger partial charge in [0.2, 0.25) is 0 Å². The molecule has 4 nitrogen and oxygen atoms in total. The van der Waals surface area contributed by atoms with Crippen LogP contribution < -0.4 is 5.32 Å². The van der Waals surface area contributed by atoms with E-state index < -0.39 is 0 Å². The highest BCUT2D eigenvalue weighted by molar-refractivity contribution is 4.94. The number of hydrogen-bond donors (Lipinski definition) is 1. The molecule has 0 aromatic carbocycles. The lowest BCUT2D eigenvalue weighted by Crippen LogP contribution is -2.60. The van der Waals surface area contributed by atoms with Crippen molar-refractivity contribution in [3.05, 3.63) is 0 Å². The second-order valence-electron chi connectivity index (χ2n) is 8.95. The van der Waals surface area contributed by atoms with Crippen LogP contribution in [0.5, 0.6) is 0 Å². The molecule has 1 N–H and O–H groups in total. The van der Waals surface area contributed by atoms with Crippen molar-refractivity contribution in [1.29, 1.82) is 0 Å². The van der Waals surface area contributed by atoms with Crippen LogP contribution in [-0.2, 0) is 4.74 Å². The van der Waals surface area contributed by atoms with Crippen molar-refractivity contribution in [2.45, 2.75) is 88.4 Å². The monoisotopic (exact) mass is 359 g/mol. The quantitative estimate of drug-likeness (QED) is 0.781. The predicted molar refractivity (Wildman–Crippen MR) is 106 cm³/mol. The molecule has 0 bridgehead atoms. The number of hydrogen-bond acceptors (Lipinski definition) is 4. The van der Waals surface area contributed by atoms with Gasteiger partial charge in [-0.3, -0.25) is 4.90 Å². The molecule has 2 heterocycles. The van der Waals surface area contributed by atoms with Crippen molar-refractivity contribution < 1.29 is 4.74 Å². The number of rotatable bonds is 4. The van der Waals surface area contributed by atoms with Crippen LogP contribution in [0.3, 0.4) is 0 Å². The Morgan fingerprint density at radius 1 is 0.923 bits per heavy atom. The zero-order chi connectivity index (χ0) is 17.8. The Labute approximate surface area is 160 Å². The molecule has 0 aromatic rings. The van der Waals surface area contributed by atoms with Crippen molar-refractivity contribution in [3.8, 4) is 12.3 Å². The van der Waals surface area contributed by atoms with E-state index in [2.05, 4.69) is 21.0 Å². The summed E-state index contributed by atoms with van der Waals surface area (Å²) in [5, 5.41) is 3.71. The second-order valence-corrected chi connectivity index (χ2v) is 8.95. The van der Waals surface area contributed by atoms with Crippen molar-refractivity contribution in [2.24, 2.45) is 5.92 Å². The van der Waals surface area contributed by atoms with Crippen molar-refractivity contribution in [3.63, 3.8) is 0 Å². The fraction of sp³-hybridized carbons (Fsp3) is 0.909. The van der Waals surface area contributed by atoms with E-state index in [1.54, 1.807) is 0 Å². The molecule has 0 spiro atoms. The van der Waals surface area contributed by atoms with Crippen molar-refractivity contribution in [2.75, 3.05) is 32.9 Å². The third kappa shape index (κ3) is 4.28. The van der Waals surface area contributed by atoms with Gasteiger partial charge < -0.3 is 15.0 Å². The summed E-state index contributed by atoms with van der Waals surface area (Å²) in [5.41, 5.74) is 0. The minimum Gasteiger partial charge on any atom is -0.366 e. The molecule has 0 radical (unpaired) electrons. The fourth-order valence-corrected chi connectivity index (χ4v) is 6.08. The molecule has 0 aromatic heterocycles. The molecule has 26 heavy (non-hydrogen) atoms. The lowest BCUT2D eigenvalue weighted by Gasteiger charge is -2.50. The smallest absolute Gasteiger partial charge is 0.107 e. The van der Waals surface area contributed by atoms with Crippen LogP contribution in [0.4, 0.5) is 0 Å². The predicted octanol–water partition coefficient (Wildman–Crippen LogP) is 2.83. The van der Waals surface area contributed by atoms with Crippen LogP contribution in [0.1, 0.15) is 64.2 Å². The van der Waals surface area contributed by atoms with Gasteiger partial charge in [0.15, 0.2) is 0 Å². The summed E-state index contributed by atoms with van der Waals surface area (Å²) in [5.74, 6) is 3.51. The van der Waals surface area contributed by atoms with E-state index in [-0.39, 0.29) is 0 Å². The maximum Gasteiger partial charge on any atom is 0.107 e. The van der Waals surface area contributed by atoms with Gasteiger partial charge in [-0.05, 0) is 70.4 Å². The Bertz CT molecular complexity index is 472. The largest absolute Gasteiger partial charge is 0.366 e. The summed E-state index contributed by atoms with van der Waals surface area (Å²) in [7, 11) is 0. The first kappa shape index (κ1) is 18.7. The van der Waals surface area contributed by atoms with Crippen LogP contribution in [0.25, 0.3) is 0 Å². The molecule has 4 rings (SSSR count). The summed E-state index contributed by atoms with van der Waals surface area (Å²) in [4.78, 5) is 5.64. The van der Waals surface area contributed by atoms with E-state index in [4.69, 9.17) is 11.2 Å². The Hall–Kier alpha value is -0.600. The van der Waals surface area contributed by atoms with Gasteiger partial charge >= 0.3 is 0 Å². The summed E-state index contributed by atoms with van der Waals surface area (Å²) in [6, 6.07) is 2.45. The maximum absolute atomic E-state index is 5.75. The molecule has 2 saturated heterocycles. The van der Waals surface area contributed by atoms with Crippen LogP contribution in [-0.4, -0.2) is 66.9 Å². The number of nitrogens with zero attached hydrogens (tertiary/aromatic N) is 2. The molecule has 4 fully saturated rings. The molecule has 2 aliphatic heterocycles.